The third-order valence-corrected chi connectivity index (χ3v) is 3.45. The van der Waals surface area contributed by atoms with Crippen LogP contribution < -0.4 is 9.47 Å². The van der Waals surface area contributed by atoms with E-state index in [1.807, 2.05) is 0 Å². The average molecular weight is 319 g/mol. The summed E-state index contributed by atoms with van der Waals surface area (Å²) in [6, 6.07) is 3.06. The van der Waals surface area contributed by atoms with Crippen molar-refractivity contribution in [1.29, 1.82) is 0 Å². The molecule has 0 bridgehead atoms. The van der Waals surface area contributed by atoms with Gasteiger partial charge in [-0.25, -0.2) is 4.39 Å². The van der Waals surface area contributed by atoms with Gasteiger partial charge >= 0.3 is 0 Å². The molecule has 1 rings (SSSR count). The van der Waals surface area contributed by atoms with Crippen molar-refractivity contribution in [2.75, 3.05) is 14.2 Å². The Labute approximate surface area is 117 Å². The van der Waals surface area contributed by atoms with Gasteiger partial charge in [-0.05, 0) is 17.9 Å². The zero-order valence-corrected chi connectivity index (χ0v) is 13.1. The van der Waals surface area contributed by atoms with E-state index in [0.29, 0.717) is 17.1 Å². The number of ether oxygens (including phenoxy) is 2. The minimum absolute atomic E-state index is 0.0442. The summed E-state index contributed by atoms with van der Waals surface area (Å²) in [5.41, 5.74) is 0.718. The fourth-order valence-electron chi connectivity index (χ4n) is 1.76. The molecule has 1 aromatic carbocycles. The smallest absolute Gasteiger partial charge is 0.163 e. The lowest BCUT2D eigenvalue weighted by molar-refractivity contribution is 0.348. The maximum Gasteiger partial charge on any atom is 0.163 e. The van der Waals surface area contributed by atoms with E-state index in [2.05, 4.69) is 36.7 Å². The van der Waals surface area contributed by atoms with Crippen molar-refractivity contribution in [3.05, 3.63) is 23.5 Å². The number of hydrogen-bond donors (Lipinski definition) is 0. The van der Waals surface area contributed by atoms with Crippen LogP contribution in [0, 0.1) is 11.2 Å². The molecule has 0 heterocycles. The van der Waals surface area contributed by atoms with E-state index in [0.717, 1.165) is 6.42 Å². The second kappa shape index (κ2) is 5.91. The molecule has 0 aliphatic heterocycles. The van der Waals surface area contributed by atoms with Gasteiger partial charge in [0.2, 0.25) is 0 Å². The van der Waals surface area contributed by atoms with Crippen LogP contribution in [-0.4, -0.2) is 14.2 Å². The second-order valence-electron chi connectivity index (χ2n) is 5.46. The largest absolute Gasteiger partial charge is 0.493 e. The first-order valence-corrected chi connectivity index (χ1v) is 6.75. The number of rotatable bonds is 4. The van der Waals surface area contributed by atoms with E-state index in [4.69, 9.17) is 9.47 Å². The zero-order chi connectivity index (χ0) is 13.9. The van der Waals surface area contributed by atoms with Gasteiger partial charge in [-0.15, -0.1) is 0 Å². The monoisotopic (exact) mass is 318 g/mol. The van der Waals surface area contributed by atoms with Crippen molar-refractivity contribution in [1.82, 2.24) is 0 Å². The molecule has 0 radical (unpaired) electrons. The minimum Gasteiger partial charge on any atom is -0.493 e. The third-order valence-electron chi connectivity index (χ3n) is 2.63. The molecule has 0 aliphatic carbocycles. The van der Waals surface area contributed by atoms with E-state index in [1.54, 1.807) is 13.2 Å². The molecule has 102 valence electrons. The van der Waals surface area contributed by atoms with Crippen LogP contribution in [-0.2, 0) is 0 Å². The van der Waals surface area contributed by atoms with Crippen LogP contribution >= 0.6 is 15.9 Å². The molecular weight excluding hydrogens is 299 g/mol. The summed E-state index contributed by atoms with van der Waals surface area (Å²) in [5.74, 6) is 0.681. The van der Waals surface area contributed by atoms with Gasteiger partial charge in [0.05, 0.1) is 14.2 Å². The maximum absolute atomic E-state index is 14.0. The van der Waals surface area contributed by atoms with E-state index in [-0.39, 0.29) is 16.1 Å². The van der Waals surface area contributed by atoms with E-state index in [9.17, 15) is 4.39 Å². The van der Waals surface area contributed by atoms with Gasteiger partial charge in [-0.2, -0.15) is 0 Å². The molecule has 18 heavy (non-hydrogen) atoms. The molecule has 1 unspecified atom stereocenters. The number of benzene rings is 1. The van der Waals surface area contributed by atoms with Gasteiger partial charge in [0.15, 0.2) is 11.5 Å². The van der Waals surface area contributed by atoms with Gasteiger partial charge < -0.3 is 9.47 Å². The molecule has 0 spiro atoms. The Hall–Kier alpha value is -0.770. The molecule has 0 amide bonds. The van der Waals surface area contributed by atoms with Crippen molar-refractivity contribution in [3.63, 3.8) is 0 Å². The van der Waals surface area contributed by atoms with Gasteiger partial charge in [0.1, 0.15) is 5.82 Å². The first-order valence-electron chi connectivity index (χ1n) is 5.84. The van der Waals surface area contributed by atoms with Crippen LogP contribution in [0.5, 0.6) is 11.5 Å². The number of methoxy groups -OCH3 is 2. The highest BCUT2D eigenvalue weighted by Crippen LogP contribution is 2.40. The Bertz CT molecular complexity index is 413. The van der Waals surface area contributed by atoms with Crippen LogP contribution in [0.3, 0.4) is 0 Å². The van der Waals surface area contributed by atoms with Crippen LogP contribution in [0.15, 0.2) is 12.1 Å². The molecular formula is C14H20BrFO2. The summed E-state index contributed by atoms with van der Waals surface area (Å²) in [7, 11) is 3.05. The molecule has 0 aromatic heterocycles. The minimum atomic E-state index is -0.279. The zero-order valence-electron chi connectivity index (χ0n) is 11.5. The van der Waals surface area contributed by atoms with Crippen molar-refractivity contribution >= 4 is 15.9 Å². The normalized spacial score (nSPS) is 13.3. The summed E-state index contributed by atoms with van der Waals surface area (Å²) < 4.78 is 24.3. The van der Waals surface area contributed by atoms with E-state index >= 15 is 0 Å². The Morgan fingerprint density at radius 3 is 2.11 bits per heavy atom. The quantitative estimate of drug-likeness (QED) is 0.748. The lowest BCUT2D eigenvalue weighted by Crippen LogP contribution is -2.09. The summed E-state index contributed by atoms with van der Waals surface area (Å²) >= 11 is 3.55. The first-order chi connectivity index (χ1) is 8.28. The van der Waals surface area contributed by atoms with Crippen LogP contribution in [0.1, 0.15) is 37.6 Å². The van der Waals surface area contributed by atoms with Crippen molar-refractivity contribution in [2.45, 2.75) is 32.0 Å². The Morgan fingerprint density at radius 2 is 1.67 bits per heavy atom. The van der Waals surface area contributed by atoms with E-state index in [1.165, 1.54) is 13.2 Å². The molecule has 1 aromatic rings. The number of hydrogen-bond acceptors (Lipinski definition) is 2. The van der Waals surface area contributed by atoms with E-state index < -0.39 is 0 Å². The molecule has 0 aliphatic rings. The Balaban J connectivity index is 3.09. The third kappa shape index (κ3) is 3.87. The van der Waals surface area contributed by atoms with Crippen LogP contribution in [0.2, 0.25) is 0 Å². The predicted molar refractivity (Wildman–Crippen MR) is 75.2 cm³/mol. The Morgan fingerprint density at radius 1 is 1.17 bits per heavy atom. The highest BCUT2D eigenvalue weighted by atomic mass is 79.9. The van der Waals surface area contributed by atoms with Gasteiger partial charge in [0, 0.05) is 16.5 Å². The highest BCUT2D eigenvalue weighted by molar-refractivity contribution is 9.09. The number of alkyl halides is 1. The van der Waals surface area contributed by atoms with Crippen molar-refractivity contribution in [2.24, 2.45) is 5.41 Å². The molecule has 0 fully saturated rings. The fourth-order valence-corrected chi connectivity index (χ4v) is 3.08. The number of halogens is 2. The van der Waals surface area contributed by atoms with Crippen LogP contribution in [0.25, 0.3) is 0 Å². The maximum atomic E-state index is 14.0. The van der Waals surface area contributed by atoms with Gasteiger partial charge in [-0.1, -0.05) is 36.7 Å². The fraction of sp³-hybridized carbons (Fsp3) is 0.571. The molecule has 0 N–H and O–H groups in total. The molecule has 2 nitrogen and oxygen atoms in total. The molecule has 1 atom stereocenters. The SMILES string of the molecule is COc1cc(F)c(C(Br)CC(C)(C)C)cc1OC. The molecule has 0 saturated heterocycles. The van der Waals surface area contributed by atoms with Gasteiger partial charge in [-0.3, -0.25) is 0 Å². The lowest BCUT2D eigenvalue weighted by atomic mass is 9.88. The summed E-state index contributed by atoms with van der Waals surface area (Å²) in [5, 5.41) is 0. The van der Waals surface area contributed by atoms with Crippen molar-refractivity contribution in [3.8, 4) is 11.5 Å². The van der Waals surface area contributed by atoms with Crippen LogP contribution in [0.4, 0.5) is 4.39 Å². The van der Waals surface area contributed by atoms with Gasteiger partial charge in [0.25, 0.3) is 0 Å². The highest BCUT2D eigenvalue weighted by Gasteiger charge is 2.22. The topological polar surface area (TPSA) is 18.5 Å². The summed E-state index contributed by atoms with van der Waals surface area (Å²) in [4.78, 5) is -0.0442. The lowest BCUT2D eigenvalue weighted by Gasteiger charge is -2.23. The van der Waals surface area contributed by atoms with Crippen molar-refractivity contribution < 1.29 is 13.9 Å². The second-order valence-corrected chi connectivity index (χ2v) is 6.57. The Kier molecular flexibility index (Phi) is 5.02. The molecule has 4 heteroatoms. The molecule has 0 saturated carbocycles. The standard InChI is InChI=1S/C14H20BrFO2/c1-14(2,3)8-10(15)9-6-12(17-4)13(18-5)7-11(9)16/h6-7,10H,8H2,1-5H3. The average Bonchev–Trinajstić information content (AvgIpc) is 2.26. The summed E-state index contributed by atoms with van der Waals surface area (Å²) in [6.45, 7) is 6.37. The summed E-state index contributed by atoms with van der Waals surface area (Å²) in [6.07, 6.45) is 0.833. The first kappa shape index (κ1) is 15.3. The predicted octanol–water partition coefficient (Wildman–Crippen LogP) is 4.72.